The summed E-state index contributed by atoms with van der Waals surface area (Å²) in [5.74, 6) is -0.592. The Labute approximate surface area is 167 Å². The third-order valence-corrected chi connectivity index (χ3v) is 4.42. The van der Waals surface area contributed by atoms with Gasteiger partial charge in [0.1, 0.15) is 0 Å². The van der Waals surface area contributed by atoms with Crippen LogP contribution in [0.3, 0.4) is 0 Å². The summed E-state index contributed by atoms with van der Waals surface area (Å²) in [4.78, 5) is 38.6. The molecule has 0 aliphatic carbocycles. The van der Waals surface area contributed by atoms with Crippen molar-refractivity contribution in [3.8, 4) is 0 Å². The number of hydrogen-bond acceptors (Lipinski definition) is 4. The minimum Gasteiger partial charge on any atom is -0.333 e. The average molecular weight is 391 g/mol. The molecule has 0 heterocycles. The molecule has 1 unspecified atom stereocenters. The van der Waals surface area contributed by atoms with E-state index in [0.29, 0.717) is 19.3 Å². The maximum absolute atomic E-state index is 12.6. The summed E-state index contributed by atoms with van der Waals surface area (Å²) >= 11 is 0. The highest BCUT2D eigenvalue weighted by Crippen LogP contribution is 2.27. The van der Waals surface area contributed by atoms with Crippen LogP contribution in [-0.4, -0.2) is 39.7 Å². The van der Waals surface area contributed by atoms with E-state index in [9.17, 15) is 19.6 Å². The number of hydroxylamine groups is 2. The third-order valence-electron chi connectivity index (χ3n) is 4.42. The summed E-state index contributed by atoms with van der Waals surface area (Å²) in [7, 11) is 0. The topological polar surface area (TPSA) is 90.0 Å². The molecule has 155 valence electrons. The summed E-state index contributed by atoms with van der Waals surface area (Å²) in [5.41, 5.74) is -0.0745. The molecule has 0 saturated heterocycles. The molecule has 1 atom stereocenters. The number of imide groups is 2. The molecule has 0 saturated carbocycles. The Morgan fingerprint density at radius 3 is 2.36 bits per heavy atom. The van der Waals surface area contributed by atoms with Crippen molar-refractivity contribution in [1.29, 1.82) is 0 Å². The first-order chi connectivity index (χ1) is 13.1. The monoisotopic (exact) mass is 390 g/mol. The van der Waals surface area contributed by atoms with E-state index in [1.165, 1.54) is 0 Å². The molecule has 7 heteroatoms. The van der Waals surface area contributed by atoms with E-state index >= 15 is 0 Å². The third kappa shape index (κ3) is 6.96. The van der Waals surface area contributed by atoms with E-state index < -0.39 is 23.4 Å². The van der Waals surface area contributed by atoms with Crippen LogP contribution in [0.25, 0.3) is 0 Å². The Morgan fingerprint density at radius 1 is 1.21 bits per heavy atom. The highest BCUT2D eigenvalue weighted by Gasteiger charge is 2.37. The standard InChI is InChI=1S/C21H32N3O4/c1-6-14-23(19(26)22-15-17-10-8-7-9-11-17)20(27)24(28)18(25)21(4,5)13-12-16(2)3/h7-11,16,28H,2,6,12-15H2,1,3-5H3,(H,22,26). The Balaban J connectivity index is 2.80. The van der Waals surface area contributed by atoms with Gasteiger partial charge in [-0.25, -0.2) is 14.5 Å². The lowest BCUT2D eigenvalue weighted by Gasteiger charge is -2.30. The lowest BCUT2D eigenvalue weighted by molar-refractivity contribution is -0.164. The number of carbonyl (C=O) groups excluding carboxylic acids is 3. The summed E-state index contributed by atoms with van der Waals surface area (Å²) in [5, 5.41) is 12.9. The van der Waals surface area contributed by atoms with Crippen molar-refractivity contribution in [1.82, 2.24) is 15.3 Å². The van der Waals surface area contributed by atoms with E-state index in [0.717, 1.165) is 10.5 Å². The first-order valence-corrected chi connectivity index (χ1v) is 9.60. The predicted octanol–water partition coefficient (Wildman–Crippen LogP) is 4.22. The number of nitrogens with one attached hydrogen (secondary N) is 1. The molecule has 0 aliphatic rings. The maximum Gasteiger partial charge on any atom is 0.359 e. The number of rotatable bonds is 8. The van der Waals surface area contributed by atoms with Gasteiger partial charge in [-0.1, -0.05) is 65.0 Å². The molecular weight excluding hydrogens is 358 g/mol. The summed E-state index contributed by atoms with van der Waals surface area (Å²) < 4.78 is 0. The van der Waals surface area contributed by atoms with Crippen LogP contribution in [-0.2, 0) is 11.3 Å². The van der Waals surface area contributed by atoms with Crippen LogP contribution in [0.4, 0.5) is 9.59 Å². The fourth-order valence-corrected chi connectivity index (χ4v) is 2.58. The van der Waals surface area contributed by atoms with Crippen LogP contribution in [0.15, 0.2) is 30.3 Å². The van der Waals surface area contributed by atoms with E-state index in [2.05, 4.69) is 12.2 Å². The molecule has 0 aliphatic heterocycles. The first-order valence-electron chi connectivity index (χ1n) is 9.60. The lowest BCUT2D eigenvalue weighted by Crippen LogP contribution is -2.53. The Kier molecular flexibility index (Phi) is 9.12. The summed E-state index contributed by atoms with van der Waals surface area (Å²) in [6, 6.07) is 7.55. The molecule has 1 aromatic carbocycles. The zero-order chi connectivity index (χ0) is 21.3. The molecule has 28 heavy (non-hydrogen) atoms. The smallest absolute Gasteiger partial charge is 0.333 e. The molecular formula is C21H32N3O4. The second kappa shape index (κ2) is 10.8. The van der Waals surface area contributed by atoms with Gasteiger partial charge in [0.15, 0.2) is 0 Å². The molecule has 1 rings (SSSR count). The Morgan fingerprint density at radius 2 is 1.82 bits per heavy atom. The number of hydrogen-bond donors (Lipinski definition) is 2. The molecule has 0 spiro atoms. The Bertz CT molecular complexity index is 659. The van der Waals surface area contributed by atoms with Gasteiger partial charge in [-0.15, -0.1) is 5.06 Å². The largest absolute Gasteiger partial charge is 0.359 e. The predicted molar refractivity (Wildman–Crippen MR) is 107 cm³/mol. The van der Waals surface area contributed by atoms with Crippen molar-refractivity contribution in [2.45, 2.75) is 53.5 Å². The quantitative estimate of drug-likeness (QED) is 0.514. The van der Waals surface area contributed by atoms with Crippen LogP contribution in [0.1, 0.15) is 52.5 Å². The normalized spacial score (nSPS) is 11.2. The number of amides is 5. The lowest BCUT2D eigenvalue weighted by atomic mass is 9.84. The zero-order valence-electron chi connectivity index (χ0n) is 17.3. The SMILES string of the molecule is [CH2]C(C)CCC(C)(C)C(=O)N(O)C(=O)N(CCC)C(=O)NCc1ccccc1. The second-order valence-electron chi connectivity index (χ2n) is 7.72. The van der Waals surface area contributed by atoms with Crippen molar-refractivity contribution >= 4 is 18.0 Å². The van der Waals surface area contributed by atoms with E-state index in [1.54, 1.807) is 20.8 Å². The van der Waals surface area contributed by atoms with Gasteiger partial charge >= 0.3 is 12.1 Å². The van der Waals surface area contributed by atoms with Crippen LogP contribution in [0.5, 0.6) is 0 Å². The van der Waals surface area contributed by atoms with Crippen molar-refractivity contribution in [3.05, 3.63) is 42.8 Å². The van der Waals surface area contributed by atoms with Gasteiger partial charge in [-0.3, -0.25) is 10.0 Å². The second-order valence-corrected chi connectivity index (χ2v) is 7.72. The van der Waals surface area contributed by atoms with Gasteiger partial charge in [0.2, 0.25) is 0 Å². The van der Waals surface area contributed by atoms with E-state index in [-0.39, 0.29) is 24.1 Å². The van der Waals surface area contributed by atoms with Crippen LogP contribution in [0, 0.1) is 18.3 Å². The fourth-order valence-electron chi connectivity index (χ4n) is 2.58. The zero-order valence-corrected chi connectivity index (χ0v) is 17.3. The van der Waals surface area contributed by atoms with Gasteiger partial charge < -0.3 is 5.32 Å². The molecule has 0 bridgehead atoms. The van der Waals surface area contributed by atoms with Gasteiger partial charge in [-0.2, -0.15) is 0 Å². The van der Waals surface area contributed by atoms with Crippen LogP contribution >= 0.6 is 0 Å². The molecule has 5 amide bonds. The van der Waals surface area contributed by atoms with Gasteiger partial charge in [0.25, 0.3) is 5.91 Å². The Hall–Kier alpha value is -2.41. The van der Waals surface area contributed by atoms with Crippen molar-refractivity contribution in [3.63, 3.8) is 0 Å². The fraction of sp³-hybridized carbons (Fsp3) is 0.524. The van der Waals surface area contributed by atoms with Gasteiger partial charge in [-0.05, 0) is 30.7 Å². The molecule has 0 aromatic heterocycles. The van der Waals surface area contributed by atoms with Crippen molar-refractivity contribution in [2.24, 2.45) is 11.3 Å². The van der Waals surface area contributed by atoms with Crippen molar-refractivity contribution in [2.75, 3.05) is 6.54 Å². The highest BCUT2D eigenvalue weighted by atomic mass is 16.5. The number of carbonyl (C=O) groups is 3. The number of benzene rings is 1. The summed E-state index contributed by atoms with van der Waals surface area (Å²) in [6.07, 6.45) is 1.64. The average Bonchev–Trinajstić information content (AvgIpc) is 2.67. The number of urea groups is 2. The van der Waals surface area contributed by atoms with Crippen molar-refractivity contribution < 1.29 is 19.6 Å². The van der Waals surface area contributed by atoms with Gasteiger partial charge in [0, 0.05) is 18.5 Å². The molecule has 1 radical (unpaired) electrons. The van der Waals surface area contributed by atoms with Crippen LogP contribution < -0.4 is 5.32 Å². The summed E-state index contributed by atoms with van der Waals surface area (Å²) in [6.45, 7) is 11.3. The minimum atomic E-state index is -1.05. The molecule has 7 nitrogen and oxygen atoms in total. The maximum atomic E-state index is 12.6. The minimum absolute atomic E-state index is 0.0610. The molecule has 2 N–H and O–H groups in total. The number of nitrogens with zero attached hydrogens (tertiary/aromatic N) is 2. The highest BCUT2D eigenvalue weighted by molar-refractivity contribution is 6.01. The van der Waals surface area contributed by atoms with E-state index in [4.69, 9.17) is 0 Å². The van der Waals surface area contributed by atoms with Crippen LogP contribution in [0.2, 0.25) is 0 Å². The molecule has 0 fully saturated rings. The first kappa shape index (κ1) is 23.6. The molecule has 1 aromatic rings. The van der Waals surface area contributed by atoms with E-state index in [1.807, 2.05) is 37.3 Å². The van der Waals surface area contributed by atoms with Gasteiger partial charge in [0.05, 0.1) is 0 Å².